The van der Waals surface area contributed by atoms with E-state index in [4.69, 9.17) is 10.6 Å². The number of hydrogen-bond acceptors (Lipinski definition) is 3. The van der Waals surface area contributed by atoms with Gasteiger partial charge < -0.3 is 10.6 Å². The maximum Gasteiger partial charge on any atom is 0.148 e. The second kappa shape index (κ2) is 6.55. The topological polar surface area (TPSA) is 47.6 Å². The van der Waals surface area contributed by atoms with Crippen LogP contribution in [0.25, 0.3) is 0 Å². The molecule has 0 aliphatic carbocycles. The quantitative estimate of drug-likeness (QED) is 0.915. The van der Waals surface area contributed by atoms with Gasteiger partial charge in [0.15, 0.2) is 0 Å². The van der Waals surface area contributed by atoms with Crippen LogP contribution in [-0.4, -0.2) is 17.9 Å². The molecule has 2 aromatic carbocycles. The summed E-state index contributed by atoms with van der Waals surface area (Å²) < 4.78 is 0. The average molecular weight is 280 g/mol. The van der Waals surface area contributed by atoms with Crippen molar-refractivity contribution in [2.75, 3.05) is 0 Å². The Hall–Kier alpha value is -2.13. The maximum atomic E-state index is 6.27. The molecule has 2 atom stereocenters. The minimum absolute atomic E-state index is 0.0103. The van der Waals surface area contributed by atoms with E-state index in [1.807, 2.05) is 36.4 Å². The first-order valence-corrected chi connectivity index (χ1v) is 7.36. The fraction of sp³-hybridized carbons (Fsp3) is 0.278. The van der Waals surface area contributed by atoms with Gasteiger partial charge in [0.25, 0.3) is 0 Å². The van der Waals surface area contributed by atoms with Gasteiger partial charge in [-0.15, -0.1) is 0 Å². The monoisotopic (exact) mass is 280 g/mol. The molecule has 2 aromatic rings. The lowest BCUT2D eigenvalue weighted by molar-refractivity contribution is 0.0659. The Morgan fingerprint density at radius 3 is 2.29 bits per heavy atom. The highest BCUT2D eigenvalue weighted by Crippen LogP contribution is 2.18. The van der Waals surface area contributed by atoms with Crippen LogP contribution in [-0.2, 0) is 17.7 Å². The van der Waals surface area contributed by atoms with Crippen molar-refractivity contribution in [3.05, 3.63) is 71.8 Å². The minimum atomic E-state index is -0.0237. The lowest BCUT2D eigenvalue weighted by Crippen LogP contribution is -2.36. The van der Waals surface area contributed by atoms with Crippen LogP contribution >= 0.6 is 0 Å². The zero-order valence-electron chi connectivity index (χ0n) is 12.0. The molecule has 3 rings (SSSR count). The predicted octanol–water partition coefficient (Wildman–Crippen LogP) is 2.94. The number of oxime groups is 1. The van der Waals surface area contributed by atoms with Crippen molar-refractivity contribution in [2.24, 2.45) is 10.9 Å². The minimum Gasteiger partial charge on any atom is -0.390 e. The van der Waals surface area contributed by atoms with Gasteiger partial charge in [-0.2, -0.15) is 0 Å². The van der Waals surface area contributed by atoms with Crippen LogP contribution in [0.4, 0.5) is 0 Å². The van der Waals surface area contributed by atoms with E-state index < -0.39 is 0 Å². The molecule has 3 nitrogen and oxygen atoms in total. The van der Waals surface area contributed by atoms with Crippen LogP contribution < -0.4 is 5.73 Å². The van der Waals surface area contributed by atoms with E-state index in [2.05, 4.69) is 29.4 Å². The zero-order valence-corrected chi connectivity index (χ0v) is 12.0. The summed E-state index contributed by atoms with van der Waals surface area (Å²) in [5.41, 5.74) is 9.85. The van der Waals surface area contributed by atoms with Crippen molar-refractivity contribution in [2.45, 2.75) is 31.4 Å². The molecule has 1 heterocycles. The third-order valence-corrected chi connectivity index (χ3v) is 3.80. The number of nitrogens with two attached hydrogens (primary N) is 1. The van der Waals surface area contributed by atoms with Crippen molar-refractivity contribution >= 4 is 5.71 Å². The number of rotatable bonds is 5. The first kappa shape index (κ1) is 13.8. The van der Waals surface area contributed by atoms with Gasteiger partial charge in [-0.1, -0.05) is 65.8 Å². The van der Waals surface area contributed by atoms with Crippen LogP contribution in [0.5, 0.6) is 0 Å². The summed E-state index contributed by atoms with van der Waals surface area (Å²) in [5, 5.41) is 4.21. The summed E-state index contributed by atoms with van der Waals surface area (Å²) in [4.78, 5) is 5.53. The second-order valence-electron chi connectivity index (χ2n) is 5.52. The molecule has 1 aliphatic rings. The summed E-state index contributed by atoms with van der Waals surface area (Å²) >= 11 is 0. The molecule has 3 heteroatoms. The standard InChI is InChI=1S/C18H20N2O/c19-17(12-15-9-5-2-6-10-15)18-13-16(20-21-18)11-14-7-3-1-4-8-14/h1-10,17-18H,11-13,19H2. The summed E-state index contributed by atoms with van der Waals surface area (Å²) in [7, 11) is 0. The highest BCUT2D eigenvalue weighted by molar-refractivity contribution is 5.87. The van der Waals surface area contributed by atoms with E-state index >= 15 is 0 Å². The fourth-order valence-electron chi connectivity index (χ4n) is 2.63. The van der Waals surface area contributed by atoms with Crippen molar-refractivity contribution in [3.63, 3.8) is 0 Å². The number of nitrogens with zero attached hydrogens (tertiary/aromatic N) is 1. The molecule has 21 heavy (non-hydrogen) atoms. The second-order valence-corrected chi connectivity index (χ2v) is 5.52. The van der Waals surface area contributed by atoms with Crippen molar-refractivity contribution in [1.29, 1.82) is 0 Å². The Kier molecular flexibility index (Phi) is 4.31. The Balaban J connectivity index is 1.53. The van der Waals surface area contributed by atoms with E-state index in [0.29, 0.717) is 0 Å². The van der Waals surface area contributed by atoms with E-state index in [1.54, 1.807) is 0 Å². The molecular weight excluding hydrogens is 260 g/mol. The first-order chi connectivity index (χ1) is 10.3. The Labute approximate surface area is 125 Å². The van der Waals surface area contributed by atoms with Gasteiger partial charge in [-0.25, -0.2) is 0 Å². The molecule has 0 fully saturated rings. The molecule has 0 bridgehead atoms. The van der Waals surface area contributed by atoms with Crippen LogP contribution in [0, 0.1) is 0 Å². The molecule has 0 spiro atoms. The Bertz CT molecular complexity index is 595. The summed E-state index contributed by atoms with van der Waals surface area (Å²) in [5.74, 6) is 0. The average Bonchev–Trinajstić information content (AvgIpc) is 2.98. The molecular formula is C18H20N2O. The van der Waals surface area contributed by atoms with Crippen molar-refractivity contribution < 1.29 is 4.84 Å². The van der Waals surface area contributed by atoms with Gasteiger partial charge in [0.1, 0.15) is 6.10 Å². The lowest BCUT2D eigenvalue weighted by atomic mass is 9.97. The molecule has 1 aliphatic heterocycles. The van der Waals surface area contributed by atoms with Crippen LogP contribution in [0.2, 0.25) is 0 Å². The summed E-state index contributed by atoms with van der Waals surface area (Å²) in [6.07, 6.45) is 2.47. The van der Waals surface area contributed by atoms with Gasteiger partial charge in [0.05, 0.1) is 5.71 Å². The van der Waals surface area contributed by atoms with Crippen LogP contribution in [0.1, 0.15) is 17.5 Å². The van der Waals surface area contributed by atoms with Gasteiger partial charge in [-0.05, 0) is 17.5 Å². The zero-order chi connectivity index (χ0) is 14.5. The van der Waals surface area contributed by atoms with Gasteiger partial charge >= 0.3 is 0 Å². The van der Waals surface area contributed by atoms with Crippen molar-refractivity contribution in [3.8, 4) is 0 Å². The lowest BCUT2D eigenvalue weighted by Gasteiger charge is -2.17. The van der Waals surface area contributed by atoms with Gasteiger partial charge in [0.2, 0.25) is 0 Å². The normalized spacial score (nSPS) is 18.9. The number of benzene rings is 2. The van der Waals surface area contributed by atoms with Gasteiger partial charge in [-0.3, -0.25) is 0 Å². The van der Waals surface area contributed by atoms with E-state index in [0.717, 1.165) is 25.0 Å². The van der Waals surface area contributed by atoms with Gasteiger partial charge in [0, 0.05) is 18.9 Å². The Morgan fingerprint density at radius 1 is 1.00 bits per heavy atom. The summed E-state index contributed by atoms with van der Waals surface area (Å²) in [6.45, 7) is 0. The summed E-state index contributed by atoms with van der Waals surface area (Å²) in [6, 6.07) is 20.6. The molecule has 2 N–H and O–H groups in total. The highest BCUT2D eigenvalue weighted by atomic mass is 16.6. The predicted molar refractivity (Wildman–Crippen MR) is 85.2 cm³/mol. The smallest absolute Gasteiger partial charge is 0.148 e. The molecule has 108 valence electrons. The number of hydrogen-bond donors (Lipinski definition) is 1. The third-order valence-electron chi connectivity index (χ3n) is 3.80. The van der Waals surface area contributed by atoms with Crippen LogP contribution in [0.15, 0.2) is 65.8 Å². The molecule has 0 saturated carbocycles. The van der Waals surface area contributed by atoms with Crippen molar-refractivity contribution in [1.82, 2.24) is 0 Å². The third kappa shape index (κ3) is 3.70. The van der Waals surface area contributed by atoms with E-state index in [-0.39, 0.29) is 12.1 Å². The molecule has 0 radical (unpaired) electrons. The first-order valence-electron chi connectivity index (χ1n) is 7.36. The largest absolute Gasteiger partial charge is 0.390 e. The molecule has 2 unspecified atom stereocenters. The molecule has 0 amide bonds. The molecule has 0 aromatic heterocycles. The van der Waals surface area contributed by atoms with E-state index in [9.17, 15) is 0 Å². The van der Waals surface area contributed by atoms with E-state index in [1.165, 1.54) is 11.1 Å². The SMILES string of the molecule is NC(Cc1ccccc1)C1CC(Cc2ccccc2)=NO1. The highest BCUT2D eigenvalue weighted by Gasteiger charge is 2.27. The maximum absolute atomic E-state index is 6.27. The van der Waals surface area contributed by atoms with Crippen LogP contribution in [0.3, 0.4) is 0 Å². The fourth-order valence-corrected chi connectivity index (χ4v) is 2.63. The Morgan fingerprint density at radius 2 is 1.62 bits per heavy atom. The molecule has 0 saturated heterocycles.